The minimum atomic E-state index is -0.361. The van der Waals surface area contributed by atoms with Gasteiger partial charge in [-0.05, 0) is 42.3 Å². The van der Waals surface area contributed by atoms with E-state index in [-0.39, 0.29) is 35.7 Å². The first-order valence-electron chi connectivity index (χ1n) is 9.32. The van der Waals surface area contributed by atoms with Gasteiger partial charge in [0.1, 0.15) is 6.26 Å². The number of carbonyl (C=O) groups excluding carboxylic acids is 1. The molecule has 0 aliphatic carbocycles. The van der Waals surface area contributed by atoms with Crippen LogP contribution in [0.4, 0.5) is 0 Å². The molecular formula is C23H21ClN4O2. The van der Waals surface area contributed by atoms with E-state index in [4.69, 9.17) is 26.8 Å². The summed E-state index contributed by atoms with van der Waals surface area (Å²) in [5, 5.41) is 19.6. The fourth-order valence-electron chi connectivity index (χ4n) is 2.72. The maximum atomic E-state index is 12.4. The molecule has 1 unspecified atom stereocenters. The van der Waals surface area contributed by atoms with E-state index in [0.717, 1.165) is 11.1 Å². The number of nitrogens with zero attached hydrogens (tertiary/aromatic N) is 1. The summed E-state index contributed by atoms with van der Waals surface area (Å²) in [5.74, 6) is -0.0967. The Bertz CT molecular complexity index is 1070. The Balaban J connectivity index is 1.55. The predicted octanol–water partition coefficient (Wildman–Crippen LogP) is 5.01. The minimum Gasteiger partial charge on any atom is -0.448 e. The van der Waals surface area contributed by atoms with Gasteiger partial charge in [0.2, 0.25) is 5.89 Å². The third kappa shape index (κ3) is 5.75. The van der Waals surface area contributed by atoms with Crippen molar-refractivity contribution in [3.63, 3.8) is 0 Å². The van der Waals surface area contributed by atoms with E-state index < -0.39 is 0 Å². The number of hydrogen-bond donors (Lipinski definition) is 3. The molecule has 1 amide bonds. The quantitative estimate of drug-likeness (QED) is 0.446. The first kappa shape index (κ1) is 21.2. The van der Waals surface area contributed by atoms with Crippen molar-refractivity contribution in [1.82, 2.24) is 10.3 Å². The van der Waals surface area contributed by atoms with Crippen molar-refractivity contribution in [1.29, 1.82) is 10.8 Å². The van der Waals surface area contributed by atoms with E-state index in [1.807, 2.05) is 49.4 Å². The van der Waals surface area contributed by atoms with Crippen LogP contribution in [0.2, 0.25) is 5.02 Å². The van der Waals surface area contributed by atoms with Crippen molar-refractivity contribution < 1.29 is 9.21 Å². The van der Waals surface area contributed by atoms with Gasteiger partial charge in [0.25, 0.3) is 5.91 Å². The molecule has 0 aliphatic rings. The first-order chi connectivity index (χ1) is 14.4. The van der Waals surface area contributed by atoms with Crippen LogP contribution < -0.4 is 5.32 Å². The lowest BCUT2D eigenvalue weighted by molar-refractivity contribution is 0.0935. The first-order valence-corrected chi connectivity index (χ1v) is 9.70. The lowest BCUT2D eigenvalue weighted by atomic mass is 10.1. The molecule has 0 aliphatic heterocycles. The molecule has 2 aromatic carbocycles. The van der Waals surface area contributed by atoms with Crippen LogP contribution in [0.15, 0.2) is 77.4 Å². The molecule has 0 bridgehead atoms. The Kier molecular flexibility index (Phi) is 6.93. The van der Waals surface area contributed by atoms with Crippen LogP contribution in [0.1, 0.15) is 40.5 Å². The summed E-state index contributed by atoms with van der Waals surface area (Å²) in [6.07, 6.45) is 4.49. The summed E-state index contributed by atoms with van der Waals surface area (Å²) in [6.45, 7) is 1.87. The Hall–Kier alpha value is -3.51. The molecule has 3 N–H and O–H groups in total. The minimum absolute atomic E-state index is 0.124. The molecule has 30 heavy (non-hydrogen) atoms. The summed E-state index contributed by atoms with van der Waals surface area (Å²) in [6, 6.07) is 16.3. The molecule has 3 rings (SSSR count). The van der Waals surface area contributed by atoms with Crippen molar-refractivity contribution in [3.8, 4) is 0 Å². The predicted molar refractivity (Wildman–Crippen MR) is 118 cm³/mol. The van der Waals surface area contributed by atoms with E-state index in [9.17, 15) is 4.79 Å². The molecular weight excluding hydrogens is 400 g/mol. The van der Waals surface area contributed by atoms with Crippen LogP contribution in [-0.2, 0) is 6.42 Å². The van der Waals surface area contributed by atoms with Gasteiger partial charge in [-0.15, -0.1) is 0 Å². The highest BCUT2D eigenvalue weighted by Crippen LogP contribution is 2.16. The molecule has 7 heteroatoms. The van der Waals surface area contributed by atoms with Gasteiger partial charge < -0.3 is 20.6 Å². The molecule has 3 aromatic rings. The Labute approximate surface area is 179 Å². The van der Waals surface area contributed by atoms with Gasteiger partial charge in [0.15, 0.2) is 5.69 Å². The number of rotatable bonds is 8. The van der Waals surface area contributed by atoms with Gasteiger partial charge in [0.05, 0.1) is 18.2 Å². The second-order valence-electron chi connectivity index (χ2n) is 6.69. The highest BCUT2D eigenvalue weighted by Gasteiger charge is 2.16. The van der Waals surface area contributed by atoms with E-state index in [0.29, 0.717) is 10.7 Å². The average molecular weight is 421 g/mol. The van der Waals surface area contributed by atoms with Crippen molar-refractivity contribution in [2.24, 2.45) is 0 Å². The number of allylic oxidation sites excluding steroid dienone is 2. The molecule has 152 valence electrons. The monoisotopic (exact) mass is 420 g/mol. The van der Waals surface area contributed by atoms with Gasteiger partial charge in [-0.25, -0.2) is 4.98 Å². The number of benzene rings is 2. The maximum absolute atomic E-state index is 12.4. The maximum Gasteiger partial charge on any atom is 0.273 e. The highest BCUT2D eigenvalue weighted by molar-refractivity contribution is 6.30. The van der Waals surface area contributed by atoms with Crippen molar-refractivity contribution in [2.45, 2.75) is 19.4 Å². The molecule has 0 saturated carbocycles. The Morgan fingerprint density at radius 2 is 1.83 bits per heavy atom. The molecule has 0 saturated heterocycles. The lowest BCUT2D eigenvalue weighted by Crippen LogP contribution is -2.26. The Morgan fingerprint density at radius 1 is 1.13 bits per heavy atom. The van der Waals surface area contributed by atoms with Crippen LogP contribution in [0.25, 0.3) is 0 Å². The van der Waals surface area contributed by atoms with Gasteiger partial charge in [-0.2, -0.15) is 0 Å². The standard InChI is InChI=1S/C23H21ClN4O2/c1-15(16-7-9-18(24)10-8-16)27-23(29)21-14-30-22(28-21)13-19(25)11-12-20(26)17-5-3-2-4-6-17/h2-12,14-15,25-26H,13H2,1H3,(H,27,29)/b12-11-,25-19?,26-20?. The summed E-state index contributed by atoms with van der Waals surface area (Å²) < 4.78 is 5.33. The average Bonchev–Trinajstić information content (AvgIpc) is 3.21. The van der Waals surface area contributed by atoms with E-state index in [1.54, 1.807) is 18.2 Å². The van der Waals surface area contributed by atoms with E-state index in [1.165, 1.54) is 12.3 Å². The van der Waals surface area contributed by atoms with Crippen molar-refractivity contribution >= 4 is 28.9 Å². The van der Waals surface area contributed by atoms with Crippen LogP contribution >= 0.6 is 11.6 Å². The van der Waals surface area contributed by atoms with Crippen LogP contribution in [0.3, 0.4) is 0 Å². The second-order valence-corrected chi connectivity index (χ2v) is 7.12. The zero-order valence-electron chi connectivity index (χ0n) is 16.4. The fourth-order valence-corrected chi connectivity index (χ4v) is 2.85. The summed E-state index contributed by atoms with van der Waals surface area (Å²) >= 11 is 5.89. The number of halogens is 1. The Morgan fingerprint density at radius 3 is 2.53 bits per heavy atom. The molecule has 0 radical (unpaired) electrons. The number of aromatic nitrogens is 1. The number of carbonyl (C=O) groups is 1. The third-order valence-electron chi connectivity index (χ3n) is 4.38. The second kappa shape index (κ2) is 9.80. The third-order valence-corrected chi connectivity index (χ3v) is 4.63. The number of hydrogen-bond acceptors (Lipinski definition) is 5. The summed E-state index contributed by atoms with van der Waals surface area (Å²) in [4.78, 5) is 16.6. The van der Waals surface area contributed by atoms with Crippen LogP contribution in [0.5, 0.6) is 0 Å². The van der Waals surface area contributed by atoms with Crippen LogP contribution in [-0.4, -0.2) is 22.3 Å². The molecule has 1 heterocycles. The fraction of sp³-hybridized carbons (Fsp3) is 0.130. The number of amides is 1. The molecule has 0 fully saturated rings. The molecule has 6 nitrogen and oxygen atoms in total. The molecule has 1 atom stereocenters. The number of oxazole rings is 1. The largest absolute Gasteiger partial charge is 0.448 e. The van der Waals surface area contributed by atoms with Crippen LogP contribution in [0, 0.1) is 10.8 Å². The van der Waals surface area contributed by atoms with Gasteiger partial charge in [0, 0.05) is 10.7 Å². The van der Waals surface area contributed by atoms with E-state index in [2.05, 4.69) is 10.3 Å². The highest BCUT2D eigenvalue weighted by atomic mass is 35.5. The topological polar surface area (TPSA) is 103 Å². The van der Waals surface area contributed by atoms with Crippen molar-refractivity contribution in [2.75, 3.05) is 0 Å². The van der Waals surface area contributed by atoms with Gasteiger partial charge in [-0.1, -0.05) is 54.1 Å². The zero-order chi connectivity index (χ0) is 21.5. The lowest BCUT2D eigenvalue weighted by Gasteiger charge is -2.13. The smallest absolute Gasteiger partial charge is 0.273 e. The van der Waals surface area contributed by atoms with Crippen molar-refractivity contribution in [3.05, 3.63) is 101 Å². The van der Waals surface area contributed by atoms with E-state index >= 15 is 0 Å². The van der Waals surface area contributed by atoms with Gasteiger partial charge in [-0.3, -0.25) is 4.79 Å². The normalized spacial score (nSPS) is 11.9. The summed E-state index contributed by atoms with van der Waals surface area (Å²) in [7, 11) is 0. The summed E-state index contributed by atoms with van der Waals surface area (Å²) in [5.41, 5.74) is 2.37. The van der Waals surface area contributed by atoms with Gasteiger partial charge >= 0.3 is 0 Å². The zero-order valence-corrected chi connectivity index (χ0v) is 17.1. The molecule has 0 spiro atoms. The SMILES string of the molecule is CC(NC(=O)c1coc(CC(=N)/C=C\C(=N)c2ccccc2)n1)c1ccc(Cl)cc1. The molecule has 1 aromatic heterocycles. The number of nitrogens with one attached hydrogen (secondary N) is 3.